The van der Waals surface area contributed by atoms with Gasteiger partial charge in [0, 0.05) is 45.9 Å². The zero-order valence-corrected chi connectivity index (χ0v) is 28.9. The third kappa shape index (κ3) is 5.51. The Bertz CT molecular complexity index is 2120. The molecule has 4 aliphatic rings. The minimum atomic E-state index is -0.868. The molecule has 1 N–H and O–H groups in total. The van der Waals surface area contributed by atoms with Crippen LogP contribution in [-0.2, 0) is 19.2 Å². The smallest absolute Gasteiger partial charge is 0.238 e. The van der Waals surface area contributed by atoms with E-state index in [2.05, 4.69) is 0 Å². The molecule has 10 nitrogen and oxygen atoms in total. The van der Waals surface area contributed by atoms with Crippen LogP contribution in [0.3, 0.4) is 0 Å². The molecule has 10 heteroatoms. The molecule has 4 atom stereocenters. The van der Waals surface area contributed by atoms with Crippen molar-refractivity contribution >= 4 is 41.2 Å². The maximum absolute atomic E-state index is 14.4. The second kappa shape index (κ2) is 13.1. The van der Waals surface area contributed by atoms with E-state index in [4.69, 9.17) is 18.9 Å². The topological polar surface area (TPSA) is 129 Å². The van der Waals surface area contributed by atoms with Crippen molar-refractivity contribution in [2.75, 3.05) is 33.3 Å². The average Bonchev–Trinajstić information content (AvgIpc) is 3.40. The van der Waals surface area contributed by atoms with E-state index in [1.165, 1.54) is 31.3 Å². The van der Waals surface area contributed by atoms with Crippen molar-refractivity contribution in [3.63, 3.8) is 0 Å². The number of aromatic hydroxyl groups is 1. The van der Waals surface area contributed by atoms with Gasteiger partial charge >= 0.3 is 0 Å². The number of phenolic OH excluding ortho intramolecular Hbond substituents is 1. The maximum Gasteiger partial charge on any atom is 0.238 e. The lowest BCUT2D eigenvalue weighted by atomic mass is 9.59. The SMILES string of the molecule is COc1ccc(OC)c(C=Cc2ccc(N3C(=O)C4CC=C5C(c6c(O)cc(OC)cc6OC)C6=C(CC5C4C3=O)C(=O)C(C)=CC6=O)cc2)c1. The van der Waals surface area contributed by atoms with E-state index < -0.39 is 23.7 Å². The summed E-state index contributed by atoms with van der Waals surface area (Å²) in [5, 5.41) is 11.4. The number of ketones is 2. The van der Waals surface area contributed by atoms with Gasteiger partial charge in [-0.25, -0.2) is 0 Å². The van der Waals surface area contributed by atoms with Crippen molar-refractivity contribution in [1.82, 2.24) is 0 Å². The number of phenols is 1. The lowest BCUT2D eigenvalue weighted by molar-refractivity contribution is -0.123. The highest BCUT2D eigenvalue weighted by atomic mass is 16.5. The number of anilines is 1. The normalized spacial score (nSPS) is 22.7. The molecule has 1 heterocycles. The van der Waals surface area contributed by atoms with E-state index in [1.54, 1.807) is 39.3 Å². The van der Waals surface area contributed by atoms with E-state index >= 15 is 0 Å². The molecule has 51 heavy (non-hydrogen) atoms. The van der Waals surface area contributed by atoms with Gasteiger partial charge in [-0.05, 0) is 67.7 Å². The molecular formula is C41H37NO9. The fourth-order valence-electron chi connectivity index (χ4n) is 8.02. The van der Waals surface area contributed by atoms with Crippen molar-refractivity contribution < 1.29 is 43.2 Å². The van der Waals surface area contributed by atoms with Gasteiger partial charge in [-0.1, -0.05) is 35.9 Å². The Hall–Kier alpha value is -5.90. The molecule has 0 saturated carbocycles. The van der Waals surface area contributed by atoms with Gasteiger partial charge in [0.15, 0.2) is 11.6 Å². The van der Waals surface area contributed by atoms with Crippen LogP contribution in [0, 0.1) is 17.8 Å². The summed E-state index contributed by atoms with van der Waals surface area (Å²) in [5.74, 6) is -2.31. The Balaban J connectivity index is 1.24. The number of methoxy groups -OCH3 is 4. The third-order valence-corrected chi connectivity index (χ3v) is 10.4. The summed E-state index contributed by atoms with van der Waals surface area (Å²) < 4.78 is 21.9. The summed E-state index contributed by atoms with van der Waals surface area (Å²) >= 11 is 0. The van der Waals surface area contributed by atoms with Crippen LogP contribution in [0.25, 0.3) is 12.2 Å². The van der Waals surface area contributed by atoms with E-state index in [9.17, 15) is 24.3 Å². The Morgan fingerprint density at radius 3 is 2.20 bits per heavy atom. The minimum Gasteiger partial charge on any atom is -0.507 e. The van der Waals surface area contributed by atoms with Gasteiger partial charge in [0.1, 0.15) is 28.7 Å². The lowest BCUT2D eigenvalue weighted by Gasteiger charge is -2.42. The molecule has 0 bridgehead atoms. The van der Waals surface area contributed by atoms with Crippen LogP contribution in [-0.4, -0.2) is 56.9 Å². The molecule has 3 aliphatic carbocycles. The summed E-state index contributed by atoms with van der Waals surface area (Å²) in [7, 11) is 6.11. The Kier molecular flexibility index (Phi) is 8.62. The van der Waals surface area contributed by atoms with E-state index in [0.717, 1.165) is 11.1 Å². The van der Waals surface area contributed by atoms with Crippen molar-refractivity contribution in [2.45, 2.75) is 25.7 Å². The van der Waals surface area contributed by atoms with Crippen LogP contribution in [0.5, 0.6) is 28.7 Å². The molecule has 3 aromatic rings. The summed E-state index contributed by atoms with van der Waals surface area (Å²) in [6.07, 6.45) is 7.41. The Labute approximate surface area is 295 Å². The van der Waals surface area contributed by atoms with E-state index in [1.807, 2.05) is 48.6 Å². The molecule has 0 radical (unpaired) electrons. The van der Waals surface area contributed by atoms with Crippen molar-refractivity contribution in [2.24, 2.45) is 17.8 Å². The standard InChI is InChI=1S/C41H37NO9/c1-21-16-31(43)36-30(39(21)45)20-29-27(37(36)38-32(44)18-26(49-3)19-34(38)51-5)13-14-28-35(29)41(47)42(40(28)46)24-10-7-22(8-11-24)6-9-23-17-25(48-2)12-15-33(23)50-4/h6-13,15-19,28-29,35,37,44H,14,20H2,1-5H3. The van der Waals surface area contributed by atoms with Gasteiger partial charge in [0.2, 0.25) is 11.8 Å². The highest BCUT2D eigenvalue weighted by Crippen LogP contribution is 2.58. The maximum atomic E-state index is 14.4. The molecule has 1 saturated heterocycles. The van der Waals surface area contributed by atoms with Gasteiger partial charge in [0.05, 0.1) is 46.0 Å². The van der Waals surface area contributed by atoms with Gasteiger partial charge in [-0.3, -0.25) is 24.1 Å². The van der Waals surface area contributed by atoms with Gasteiger partial charge in [-0.15, -0.1) is 0 Å². The molecule has 3 aromatic carbocycles. The van der Waals surface area contributed by atoms with Crippen LogP contribution < -0.4 is 23.8 Å². The van der Waals surface area contributed by atoms with E-state index in [-0.39, 0.29) is 53.3 Å². The van der Waals surface area contributed by atoms with Crippen LogP contribution >= 0.6 is 0 Å². The highest BCUT2D eigenvalue weighted by molar-refractivity contribution is 6.25. The summed E-state index contributed by atoms with van der Waals surface area (Å²) in [4.78, 5) is 57.0. The second-order valence-corrected chi connectivity index (χ2v) is 13.0. The molecule has 4 unspecified atom stereocenters. The van der Waals surface area contributed by atoms with Crippen molar-refractivity contribution in [3.05, 3.63) is 106 Å². The van der Waals surface area contributed by atoms with Crippen LogP contribution in [0.4, 0.5) is 5.69 Å². The molecule has 1 aliphatic heterocycles. The number of carbonyl (C=O) groups is 4. The fourth-order valence-corrected chi connectivity index (χ4v) is 8.02. The quantitative estimate of drug-likeness (QED) is 0.127. The number of allylic oxidation sites excluding steroid dienone is 6. The number of fused-ring (bicyclic) bond motifs is 3. The number of nitrogens with zero attached hydrogens (tertiary/aromatic N) is 1. The summed E-state index contributed by atoms with van der Waals surface area (Å²) in [6.45, 7) is 1.59. The Morgan fingerprint density at radius 1 is 0.784 bits per heavy atom. The highest BCUT2D eigenvalue weighted by Gasteiger charge is 2.57. The number of hydrogen-bond acceptors (Lipinski definition) is 9. The summed E-state index contributed by atoms with van der Waals surface area (Å²) in [5.41, 5.74) is 3.99. The fraction of sp³-hybridized carbons (Fsp3) is 0.268. The molecular weight excluding hydrogens is 650 g/mol. The Morgan fingerprint density at radius 2 is 1.51 bits per heavy atom. The number of hydrogen-bond donors (Lipinski definition) is 1. The number of amides is 2. The number of carbonyl (C=O) groups excluding carboxylic acids is 4. The zero-order valence-electron chi connectivity index (χ0n) is 28.9. The average molecular weight is 688 g/mol. The largest absolute Gasteiger partial charge is 0.507 e. The van der Waals surface area contributed by atoms with Crippen LogP contribution in [0.15, 0.2) is 89.0 Å². The van der Waals surface area contributed by atoms with Gasteiger partial charge < -0.3 is 24.1 Å². The predicted molar refractivity (Wildman–Crippen MR) is 190 cm³/mol. The molecule has 0 spiro atoms. The molecule has 7 rings (SSSR count). The first-order valence-corrected chi connectivity index (χ1v) is 16.6. The van der Waals surface area contributed by atoms with Crippen molar-refractivity contribution in [1.29, 1.82) is 0 Å². The first-order valence-electron chi connectivity index (χ1n) is 16.6. The number of ether oxygens (including phenoxy) is 4. The molecule has 260 valence electrons. The van der Waals surface area contributed by atoms with Gasteiger partial charge in [-0.2, -0.15) is 0 Å². The van der Waals surface area contributed by atoms with Gasteiger partial charge in [0.25, 0.3) is 0 Å². The number of Topliss-reactive ketones (excluding diaryl/α,β-unsaturated/α-hetero) is 1. The minimum absolute atomic E-state index is 0.123. The third-order valence-electron chi connectivity index (χ3n) is 10.4. The predicted octanol–water partition coefficient (Wildman–Crippen LogP) is 6.23. The summed E-state index contributed by atoms with van der Waals surface area (Å²) in [6, 6.07) is 15.7. The van der Waals surface area contributed by atoms with Crippen LogP contribution in [0.1, 0.15) is 42.4 Å². The molecule has 2 amide bonds. The second-order valence-electron chi connectivity index (χ2n) is 13.0. The monoisotopic (exact) mass is 687 g/mol. The lowest BCUT2D eigenvalue weighted by Crippen LogP contribution is -2.40. The van der Waals surface area contributed by atoms with Crippen LogP contribution in [0.2, 0.25) is 0 Å². The molecule has 0 aromatic heterocycles. The number of rotatable bonds is 8. The zero-order chi connectivity index (χ0) is 36.1. The first-order chi connectivity index (χ1) is 24.6. The molecule has 1 fully saturated rings. The first kappa shape index (κ1) is 33.6. The number of imide groups is 1. The van der Waals surface area contributed by atoms with Crippen molar-refractivity contribution in [3.8, 4) is 28.7 Å². The number of benzene rings is 3. The van der Waals surface area contributed by atoms with E-state index in [0.29, 0.717) is 45.2 Å².